The Hall–Kier alpha value is -4.66. The quantitative estimate of drug-likeness (QED) is 0.307. The first kappa shape index (κ1) is 22.5. The summed E-state index contributed by atoms with van der Waals surface area (Å²) in [6.45, 7) is 1.99. The highest BCUT2D eigenvalue weighted by atomic mass is 16.6. The van der Waals surface area contributed by atoms with Crippen molar-refractivity contribution in [3.05, 3.63) is 94.2 Å². The fourth-order valence-electron chi connectivity index (χ4n) is 3.45. The summed E-state index contributed by atoms with van der Waals surface area (Å²) in [5.74, 6) is 0.428. The van der Waals surface area contributed by atoms with Crippen molar-refractivity contribution in [1.82, 2.24) is 9.78 Å². The number of nitrogens with zero attached hydrogens (tertiary/aromatic N) is 3. The number of carbonyl (C=O) groups is 1. The average molecular weight is 458 g/mol. The number of amides is 1. The van der Waals surface area contributed by atoms with E-state index in [0.717, 1.165) is 11.3 Å². The van der Waals surface area contributed by atoms with E-state index in [-0.39, 0.29) is 16.9 Å². The molecule has 0 atom stereocenters. The Morgan fingerprint density at radius 3 is 2.47 bits per heavy atom. The maximum absolute atomic E-state index is 13.4. The van der Waals surface area contributed by atoms with E-state index in [1.165, 1.54) is 25.3 Å². The van der Waals surface area contributed by atoms with Gasteiger partial charge in [0.1, 0.15) is 17.2 Å². The molecule has 3 aromatic carbocycles. The summed E-state index contributed by atoms with van der Waals surface area (Å²) in [6, 6.07) is 18.9. The number of ether oxygens (including phenoxy) is 2. The Bertz CT molecular complexity index is 1360. The van der Waals surface area contributed by atoms with Gasteiger partial charge in [0.25, 0.3) is 11.6 Å². The molecule has 1 N–H and O–H groups in total. The van der Waals surface area contributed by atoms with E-state index in [4.69, 9.17) is 9.47 Å². The minimum absolute atomic E-state index is 0.167. The molecule has 9 nitrogen and oxygen atoms in total. The van der Waals surface area contributed by atoms with Crippen LogP contribution in [-0.2, 0) is 0 Å². The van der Waals surface area contributed by atoms with Crippen LogP contribution >= 0.6 is 0 Å². The summed E-state index contributed by atoms with van der Waals surface area (Å²) in [5, 5.41) is 18.6. The van der Waals surface area contributed by atoms with Gasteiger partial charge in [0, 0.05) is 23.9 Å². The normalized spacial score (nSPS) is 10.6. The molecule has 1 aromatic heterocycles. The number of hydrogen-bond acceptors (Lipinski definition) is 6. The summed E-state index contributed by atoms with van der Waals surface area (Å²) in [4.78, 5) is 24.1. The number of benzene rings is 3. The van der Waals surface area contributed by atoms with Crippen molar-refractivity contribution in [3.8, 4) is 28.4 Å². The van der Waals surface area contributed by atoms with Crippen molar-refractivity contribution in [2.75, 3.05) is 19.5 Å². The van der Waals surface area contributed by atoms with Crippen LogP contribution in [0.4, 0.5) is 11.4 Å². The van der Waals surface area contributed by atoms with Crippen LogP contribution in [0.25, 0.3) is 16.9 Å². The first-order chi connectivity index (χ1) is 16.4. The van der Waals surface area contributed by atoms with Gasteiger partial charge in [0.2, 0.25) is 0 Å². The molecular formula is C25H22N4O5. The second-order valence-corrected chi connectivity index (χ2v) is 7.50. The largest absolute Gasteiger partial charge is 0.497 e. The molecule has 0 aliphatic carbocycles. The summed E-state index contributed by atoms with van der Waals surface area (Å²) in [7, 11) is 2.99. The van der Waals surface area contributed by atoms with Gasteiger partial charge < -0.3 is 14.8 Å². The van der Waals surface area contributed by atoms with E-state index >= 15 is 0 Å². The zero-order valence-corrected chi connectivity index (χ0v) is 18.8. The van der Waals surface area contributed by atoms with E-state index < -0.39 is 10.8 Å². The van der Waals surface area contributed by atoms with Crippen molar-refractivity contribution in [2.45, 2.75) is 6.92 Å². The first-order valence-electron chi connectivity index (χ1n) is 10.3. The molecule has 0 bridgehead atoms. The third kappa shape index (κ3) is 4.58. The molecule has 0 saturated carbocycles. The smallest absolute Gasteiger partial charge is 0.271 e. The first-order valence-corrected chi connectivity index (χ1v) is 10.3. The van der Waals surface area contributed by atoms with Crippen LogP contribution in [0.15, 0.2) is 72.9 Å². The highest BCUT2D eigenvalue weighted by Gasteiger charge is 2.21. The lowest BCUT2D eigenvalue weighted by Crippen LogP contribution is -2.13. The molecule has 0 radical (unpaired) electrons. The maximum atomic E-state index is 13.4. The van der Waals surface area contributed by atoms with Crippen LogP contribution in [0.3, 0.4) is 0 Å². The lowest BCUT2D eigenvalue weighted by atomic mass is 10.1. The van der Waals surface area contributed by atoms with Crippen molar-refractivity contribution in [2.24, 2.45) is 0 Å². The Morgan fingerprint density at radius 2 is 1.79 bits per heavy atom. The van der Waals surface area contributed by atoms with Crippen molar-refractivity contribution in [1.29, 1.82) is 0 Å². The van der Waals surface area contributed by atoms with E-state index in [1.54, 1.807) is 30.1 Å². The molecular weight excluding hydrogens is 436 g/mol. The molecule has 4 aromatic rings. The van der Waals surface area contributed by atoms with Crippen LogP contribution in [0.1, 0.15) is 15.9 Å². The van der Waals surface area contributed by atoms with Crippen molar-refractivity contribution < 1.29 is 19.2 Å². The van der Waals surface area contributed by atoms with Gasteiger partial charge in [0.15, 0.2) is 0 Å². The lowest BCUT2D eigenvalue weighted by Gasteiger charge is -2.10. The zero-order valence-electron chi connectivity index (χ0n) is 18.8. The third-order valence-electron chi connectivity index (χ3n) is 5.24. The fraction of sp³-hybridized carbons (Fsp3) is 0.120. The number of hydrogen-bond donors (Lipinski definition) is 1. The Balaban J connectivity index is 1.79. The molecule has 1 heterocycles. The van der Waals surface area contributed by atoms with Gasteiger partial charge >= 0.3 is 0 Å². The predicted octanol–water partition coefficient (Wildman–Crippen LogP) is 5.03. The minimum atomic E-state index is -0.536. The minimum Gasteiger partial charge on any atom is -0.497 e. The number of anilines is 1. The molecule has 0 fully saturated rings. The van der Waals surface area contributed by atoms with Crippen LogP contribution in [0.5, 0.6) is 11.5 Å². The highest BCUT2D eigenvalue weighted by Crippen LogP contribution is 2.31. The molecule has 0 aliphatic rings. The van der Waals surface area contributed by atoms with E-state index in [1.807, 2.05) is 43.3 Å². The van der Waals surface area contributed by atoms with Gasteiger partial charge in [-0.15, -0.1) is 0 Å². The summed E-state index contributed by atoms with van der Waals surface area (Å²) >= 11 is 0. The summed E-state index contributed by atoms with van der Waals surface area (Å²) in [6.07, 6.45) is 1.62. The molecule has 172 valence electrons. The fourth-order valence-corrected chi connectivity index (χ4v) is 3.45. The molecule has 9 heteroatoms. The number of aromatic nitrogens is 2. The Kier molecular flexibility index (Phi) is 6.26. The van der Waals surface area contributed by atoms with Gasteiger partial charge in [-0.1, -0.05) is 29.8 Å². The molecule has 0 spiro atoms. The van der Waals surface area contributed by atoms with Gasteiger partial charge in [-0.3, -0.25) is 14.9 Å². The van der Waals surface area contributed by atoms with Gasteiger partial charge in [-0.05, 0) is 37.3 Å². The van der Waals surface area contributed by atoms with Gasteiger partial charge in [0.05, 0.1) is 36.1 Å². The number of non-ortho nitro benzene ring substituents is 1. The monoisotopic (exact) mass is 458 g/mol. The van der Waals surface area contributed by atoms with Crippen LogP contribution in [0.2, 0.25) is 0 Å². The third-order valence-corrected chi connectivity index (χ3v) is 5.24. The Labute approximate surface area is 195 Å². The van der Waals surface area contributed by atoms with E-state index in [2.05, 4.69) is 10.4 Å². The molecule has 4 rings (SSSR count). The zero-order chi connectivity index (χ0) is 24.2. The lowest BCUT2D eigenvalue weighted by molar-refractivity contribution is -0.384. The molecule has 0 aliphatic heterocycles. The average Bonchev–Trinajstić information content (AvgIpc) is 3.30. The summed E-state index contributed by atoms with van der Waals surface area (Å²) in [5.41, 5.74) is 3.28. The Morgan fingerprint density at radius 1 is 1.03 bits per heavy atom. The number of aryl methyl sites for hydroxylation is 1. The van der Waals surface area contributed by atoms with Crippen LogP contribution < -0.4 is 14.8 Å². The maximum Gasteiger partial charge on any atom is 0.271 e. The standard InChI is InChI=1S/C25H22N4O5/c1-16-7-9-18(10-8-16)28-15-21(24(27-28)17-5-4-6-20(13-17)33-2)25(30)26-22-14-19(29(31)32)11-12-23(22)34-3/h4-15H,1-3H3,(H,26,30). The predicted molar refractivity (Wildman–Crippen MR) is 128 cm³/mol. The number of nitro groups is 1. The number of nitrogens with one attached hydrogen (secondary N) is 1. The van der Waals surface area contributed by atoms with E-state index in [9.17, 15) is 14.9 Å². The molecule has 1 amide bonds. The topological polar surface area (TPSA) is 109 Å². The van der Waals surface area contributed by atoms with Crippen LogP contribution in [-0.4, -0.2) is 34.8 Å². The van der Waals surface area contributed by atoms with Gasteiger partial charge in [-0.25, -0.2) is 4.68 Å². The number of carbonyl (C=O) groups excluding carboxylic acids is 1. The second kappa shape index (κ2) is 9.45. The number of rotatable bonds is 7. The summed E-state index contributed by atoms with van der Waals surface area (Å²) < 4.78 is 12.2. The van der Waals surface area contributed by atoms with E-state index in [0.29, 0.717) is 22.8 Å². The van der Waals surface area contributed by atoms with Crippen molar-refractivity contribution in [3.63, 3.8) is 0 Å². The number of methoxy groups -OCH3 is 2. The molecule has 0 unspecified atom stereocenters. The van der Waals surface area contributed by atoms with Gasteiger partial charge in [-0.2, -0.15) is 5.10 Å². The highest BCUT2D eigenvalue weighted by molar-refractivity contribution is 6.08. The molecule has 0 saturated heterocycles. The SMILES string of the molecule is COc1cccc(-c2nn(-c3ccc(C)cc3)cc2C(=O)Nc2cc([N+](=O)[O-])ccc2OC)c1. The number of nitro benzene ring substituents is 1. The van der Waals surface area contributed by atoms with Crippen LogP contribution in [0, 0.1) is 17.0 Å². The van der Waals surface area contributed by atoms with Crippen molar-refractivity contribution >= 4 is 17.3 Å². The molecule has 34 heavy (non-hydrogen) atoms. The second-order valence-electron chi connectivity index (χ2n) is 7.50.